The zero-order chi connectivity index (χ0) is 12.5. The number of pyridine rings is 1. The summed E-state index contributed by atoms with van der Waals surface area (Å²) in [7, 11) is 0. The summed E-state index contributed by atoms with van der Waals surface area (Å²) < 4.78 is 3.23. The van der Waals surface area contributed by atoms with Crippen LogP contribution in [-0.2, 0) is 6.54 Å². The van der Waals surface area contributed by atoms with Gasteiger partial charge in [-0.2, -0.15) is 0 Å². The third-order valence-corrected chi connectivity index (χ3v) is 3.48. The fourth-order valence-corrected chi connectivity index (χ4v) is 2.30. The van der Waals surface area contributed by atoms with Crippen molar-refractivity contribution in [3.8, 4) is 0 Å². The molecular formula is C14H12BrN3. The highest BCUT2D eigenvalue weighted by molar-refractivity contribution is 9.10. The average Bonchev–Trinajstić information content (AvgIpc) is 2.69. The number of aromatic nitrogens is 3. The van der Waals surface area contributed by atoms with Crippen molar-refractivity contribution in [1.82, 2.24) is 14.5 Å². The SMILES string of the molecule is Cc1nc2cccnc2n1Cc1ccc(Br)cc1. The Morgan fingerprint density at radius 3 is 2.72 bits per heavy atom. The van der Waals surface area contributed by atoms with Crippen LogP contribution in [0.3, 0.4) is 0 Å². The minimum atomic E-state index is 0.798. The van der Waals surface area contributed by atoms with Gasteiger partial charge in [0.25, 0.3) is 0 Å². The number of fused-ring (bicyclic) bond motifs is 1. The van der Waals surface area contributed by atoms with E-state index >= 15 is 0 Å². The van der Waals surface area contributed by atoms with E-state index in [0.29, 0.717) is 0 Å². The van der Waals surface area contributed by atoms with Crippen molar-refractivity contribution in [2.75, 3.05) is 0 Å². The summed E-state index contributed by atoms with van der Waals surface area (Å²) in [5.41, 5.74) is 3.14. The standard InChI is InChI=1S/C14H12BrN3/c1-10-17-13-3-2-8-16-14(13)18(10)9-11-4-6-12(15)7-5-11/h2-8H,9H2,1H3. The van der Waals surface area contributed by atoms with Crippen LogP contribution in [0.25, 0.3) is 11.2 Å². The first-order valence-electron chi connectivity index (χ1n) is 5.76. The Bertz CT molecular complexity index is 686. The molecule has 0 radical (unpaired) electrons. The van der Waals surface area contributed by atoms with Crippen LogP contribution >= 0.6 is 15.9 Å². The molecule has 0 fully saturated rings. The van der Waals surface area contributed by atoms with Crippen LogP contribution in [-0.4, -0.2) is 14.5 Å². The Hall–Kier alpha value is -1.68. The second-order valence-electron chi connectivity index (χ2n) is 4.22. The molecule has 0 atom stereocenters. The molecule has 2 heterocycles. The van der Waals surface area contributed by atoms with Gasteiger partial charge in [-0.05, 0) is 36.8 Å². The first kappa shape index (κ1) is 11.4. The Kier molecular flexibility index (Phi) is 2.88. The van der Waals surface area contributed by atoms with E-state index in [-0.39, 0.29) is 0 Å². The van der Waals surface area contributed by atoms with E-state index in [2.05, 4.69) is 54.7 Å². The highest BCUT2D eigenvalue weighted by Crippen LogP contribution is 2.16. The molecule has 0 amide bonds. The Morgan fingerprint density at radius 2 is 1.94 bits per heavy atom. The number of rotatable bonds is 2. The molecule has 0 bridgehead atoms. The van der Waals surface area contributed by atoms with Crippen LogP contribution < -0.4 is 0 Å². The van der Waals surface area contributed by atoms with Gasteiger partial charge in [0.05, 0.1) is 6.54 Å². The minimum Gasteiger partial charge on any atom is -0.308 e. The van der Waals surface area contributed by atoms with Crippen molar-refractivity contribution < 1.29 is 0 Å². The van der Waals surface area contributed by atoms with E-state index in [0.717, 1.165) is 28.0 Å². The first-order valence-corrected chi connectivity index (χ1v) is 6.55. The summed E-state index contributed by atoms with van der Waals surface area (Å²) in [5, 5.41) is 0. The van der Waals surface area contributed by atoms with Gasteiger partial charge in [-0.15, -0.1) is 0 Å². The van der Waals surface area contributed by atoms with Gasteiger partial charge in [0.15, 0.2) is 5.65 Å². The molecule has 0 unspecified atom stereocenters. The smallest absolute Gasteiger partial charge is 0.160 e. The molecule has 0 saturated heterocycles. The lowest BCUT2D eigenvalue weighted by molar-refractivity contribution is 0.777. The van der Waals surface area contributed by atoms with Gasteiger partial charge < -0.3 is 4.57 Å². The Morgan fingerprint density at radius 1 is 1.17 bits per heavy atom. The Balaban J connectivity index is 2.04. The number of halogens is 1. The largest absolute Gasteiger partial charge is 0.308 e. The average molecular weight is 302 g/mol. The van der Waals surface area contributed by atoms with Crippen molar-refractivity contribution in [3.63, 3.8) is 0 Å². The molecule has 90 valence electrons. The number of nitrogens with zero attached hydrogens (tertiary/aromatic N) is 3. The van der Waals surface area contributed by atoms with Crippen LogP contribution in [0.2, 0.25) is 0 Å². The van der Waals surface area contributed by atoms with E-state index in [9.17, 15) is 0 Å². The predicted octanol–water partition coefficient (Wildman–Crippen LogP) is 3.55. The summed E-state index contributed by atoms with van der Waals surface area (Å²) >= 11 is 3.45. The molecule has 0 spiro atoms. The number of aryl methyl sites for hydroxylation is 1. The highest BCUT2D eigenvalue weighted by Gasteiger charge is 2.08. The predicted molar refractivity (Wildman–Crippen MR) is 75.5 cm³/mol. The van der Waals surface area contributed by atoms with Crippen LogP contribution in [0.4, 0.5) is 0 Å². The summed E-state index contributed by atoms with van der Waals surface area (Å²) in [6.45, 7) is 2.81. The zero-order valence-corrected chi connectivity index (χ0v) is 11.6. The maximum atomic E-state index is 4.52. The second kappa shape index (κ2) is 4.53. The quantitative estimate of drug-likeness (QED) is 0.725. The summed E-state index contributed by atoms with van der Waals surface area (Å²) in [6, 6.07) is 12.2. The molecule has 0 saturated carbocycles. The van der Waals surface area contributed by atoms with Gasteiger partial charge in [-0.1, -0.05) is 28.1 Å². The Labute approximate surface area is 114 Å². The van der Waals surface area contributed by atoms with Crippen LogP contribution in [0.5, 0.6) is 0 Å². The number of hydrogen-bond donors (Lipinski definition) is 0. The molecule has 3 rings (SSSR count). The van der Waals surface area contributed by atoms with Crippen molar-refractivity contribution in [2.24, 2.45) is 0 Å². The molecule has 0 aliphatic carbocycles. The summed E-state index contributed by atoms with van der Waals surface area (Å²) in [4.78, 5) is 8.92. The van der Waals surface area contributed by atoms with Crippen LogP contribution in [0.1, 0.15) is 11.4 Å². The third kappa shape index (κ3) is 2.04. The lowest BCUT2D eigenvalue weighted by Crippen LogP contribution is -2.02. The van der Waals surface area contributed by atoms with Crippen molar-refractivity contribution in [2.45, 2.75) is 13.5 Å². The van der Waals surface area contributed by atoms with E-state index < -0.39 is 0 Å². The number of imidazole rings is 1. The fraction of sp³-hybridized carbons (Fsp3) is 0.143. The van der Waals surface area contributed by atoms with Gasteiger partial charge in [0.2, 0.25) is 0 Å². The molecule has 3 aromatic rings. The molecule has 0 aliphatic rings. The fourth-order valence-electron chi connectivity index (χ4n) is 2.03. The topological polar surface area (TPSA) is 30.7 Å². The van der Waals surface area contributed by atoms with Crippen molar-refractivity contribution in [1.29, 1.82) is 0 Å². The zero-order valence-electron chi connectivity index (χ0n) is 9.97. The van der Waals surface area contributed by atoms with E-state index in [1.54, 1.807) is 0 Å². The van der Waals surface area contributed by atoms with E-state index in [1.807, 2.05) is 25.3 Å². The molecule has 2 aromatic heterocycles. The van der Waals surface area contributed by atoms with Gasteiger partial charge in [-0.25, -0.2) is 9.97 Å². The number of benzene rings is 1. The normalized spacial score (nSPS) is 11.0. The summed E-state index contributed by atoms with van der Waals surface area (Å²) in [6.07, 6.45) is 1.81. The van der Waals surface area contributed by atoms with Crippen molar-refractivity contribution in [3.05, 3.63) is 58.5 Å². The van der Waals surface area contributed by atoms with Gasteiger partial charge in [0.1, 0.15) is 11.3 Å². The van der Waals surface area contributed by atoms with E-state index in [1.165, 1.54) is 5.56 Å². The maximum Gasteiger partial charge on any atom is 0.160 e. The van der Waals surface area contributed by atoms with Crippen LogP contribution in [0.15, 0.2) is 47.1 Å². The van der Waals surface area contributed by atoms with Crippen molar-refractivity contribution >= 4 is 27.1 Å². The van der Waals surface area contributed by atoms with E-state index in [4.69, 9.17) is 0 Å². The molecule has 0 N–H and O–H groups in total. The monoisotopic (exact) mass is 301 g/mol. The molecular weight excluding hydrogens is 290 g/mol. The third-order valence-electron chi connectivity index (χ3n) is 2.95. The molecule has 3 nitrogen and oxygen atoms in total. The second-order valence-corrected chi connectivity index (χ2v) is 5.13. The minimum absolute atomic E-state index is 0.798. The molecule has 18 heavy (non-hydrogen) atoms. The lowest BCUT2D eigenvalue weighted by Gasteiger charge is -2.06. The summed E-state index contributed by atoms with van der Waals surface area (Å²) in [5.74, 6) is 0.992. The highest BCUT2D eigenvalue weighted by atomic mass is 79.9. The van der Waals surface area contributed by atoms with Gasteiger partial charge >= 0.3 is 0 Å². The lowest BCUT2D eigenvalue weighted by atomic mass is 10.2. The molecule has 0 aliphatic heterocycles. The van der Waals surface area contributed by atoms with Gasteiger partial charge in [0, 0.05) is 10.7 Å². The number of hydrogen-bond acceptors (Lipinski definition) is 2. The van der Waals surface area contributed by atoms with Crippen LogP contribution in [0, 0.1) is 6.92 Å². The first-order chi connectivity index (χ1) is 8.74. The maximum absolute atomic E-state index is 4.52. The van der Waals surface area contributed by atoms with Gasteiger partial charge in [-0.3, -0.25) is 0 Å². The molecule has 1 aromatic carbocycles. The molecule has 4 heteroatoms.